The molecule has 1 aromatic rings. The lowest BCUT2D eigenvalue weighted by molar-refractivity contribution is 0.108. The van der Waals surface area contributed by atoms with Crippen molar-refractivity contribution in [2.24, 2.45) is 0 Å². The van der Waals surface area contributed by atoms with Gasteiger partial charge in [0.25, 0.3) is 0 Å². The summed E-state index contributed by atoms with van der Waals surface area (Å²) < 4.78 is 14.1. The van der Waals surface area contributed by atoms with E-state index in [4.69, 9.17) is 29.7 Å². The highest BCUT2D eigenvalue weighted by molar-refractivity contribution is 8.14. The molecule has 26 heavy (non-hydrogen) atoms. The van der Waals surface area contributed by atoms with Crippen LogP contribution in [-0.2, 0) is 4.57 Å². The summed E-state index contributed by atoms with van der Waals surface area (Å²) in [7, 11) is -3.08. The molecule has 0 aromatic heterocycles. The topological polar surface area (TPSA) is 133 Å². The number of benzene rings is 1. The summed E-state index contributed by atoms with van der Waals surface area (Å²) in [6.07, 6.45) is 5.04. The van der Waals surface area contributed by atoms with Crippen molar-refractivity contribution in [1.82, 2.24) is 4.90 Å². The molecule has 1 aliphatic heterocycles. The number of carbonyl (C=O) groups excluding carboxylic acids is 1. The van der Waals surface area contributed by atoms with Gasteiger partial charge < -0.3 is 30.1 Å². The summed E-state index contributed by atoms with van der Waals surface area (Å²) in [6.45, 7) is 3.52. The number of thioether (sulfide) groups is 1. The fourth-order valence-electron chi connectivity index (χ4n) is 2.59. The number of nitrogens with zero attached hydrogens (tertiary/aromatic N) is 1. The number of hydrogen-bond donors (Lipinski definition) is 4. The monoisotopic (exact) mass is 406 g/mol. The lowest BCUT2D eigenvalue weighted by Gasteiger charge is -2.26. The Morgan fingerprint density at radius 3 is 2.46 bits per heavy atom. The highest BCUT2D eigenvalue weighted by Crippen LogP contribution is 2.26. The molecule has 0 amide bonds. The standard InChI is InChI=1S/C16H24N2O2S.H3O4P/c1-20-15-12-13(17)6-7-14(15)16(19)21-11-5-10-18-8-3-2-4-9-18;1-5(2,3)4/h6-7,12H,2-5,8-11,17H2,1H3;(H3,1,2,3,4). The Morgan fingerprint density at radius 2 is 1.88 bits per heavy atom. The van der Waals surface area contributed by atoms with Crippen molar-refractivity contribution in [3.63, 3.8) is 0 Å². The predicted octanol–water partition coefficient (Wildman–Crippen LogP) is 2.10. The number of phosphoric acid groups is 1. The minimum absolute atomic E-state index is 0.0606. The summed E-state index contributed by atoms with van der Waals surface area (Å²) in [5.41, 5.74) is 6.92. The molecule has 0 bridgehead atoms. The van der Waals surface area contributed by atoms with Crippen molar-refractivity contribution < 1.29 is 28.8 Å². The number of piperidine rings is 1. The van der Waals surface area contributed by atoms with E-state index in [0.717, 1.165) is 18.7 Å². The van der Waals surface area contributed by atoms with E-state index in [2.05, 4.69) is 4.90 Å². The number of anilines is 1. The van der Waals surface area contributed by atoms with Gasteiger partial charge in [-0.2, -0.15) is 0 Å². The van der Waals surface area contributed by atoms with Crippen LogP contribution in [0.1, 0.15) is 36.0 Å². The van der Waals surface area contributed by atoms with Crippen LogP contribution in [0.5, 0.6) is 5.75 Å². The number of hydrogen-bond acceptors (Lipinski definition) is 6. The third-order valence-corrected chi connectivity index (χ3v) is 4.72. The summed E-state index contributed by atoms with van der Waals surface area (Å²) in [6, 6.07) is 5.18. The van der Waals surface area contributed by atoms with Crippen LogP contribution in [0.2, 0.25) is 0 Å². The van der Waals surface area contributed by atoms with Crippen molar-refractivity contribution in [2.75, 3.05) is 38.2 Å². The molecule has 0 saturated carbocycles. The molecule has 148 valence electrons. The minimum atomic E-state index is -4.64. The van der Waals surface area contributed by atoms with Crippen LogP contribution in [-0.4, -0.2) is 57.2 Å². The average Bonchev–Trinajstić information content (AvgIpc) is 2.58. The Kier molecular flexibility index (Phi) is 10.2. The van der Waals surface area contributed by atoms with Crippen LogP contribution in [0.25, 0.3) is 0 Å². The molecule has 1 heterocycles. The lowest BCUT2D eigenvalue weighted by Crippen LogP contribution is -2.30. The van der Waals surface area contributed by atoms with Gasteiger partial charge in [-0.15, -0.1) is 0 Å². The smallest absolute Gasteiger partial charge is 0.466 e. The van der Waals surface area contributed by atoms with Gasteiger partial charge in [-0.25, -0.2) is 4.57 Å². The fourth-order valence-corrected chi connectivity index (χ4v) is 3.37. The van der Waals surface area contributed by atoms with Crippen molar-refractivity contribution in [3.05, 3.63) is 23.8 Å². The van der Waals surface area contributed by atoms with Gasteiger partial charge in [0, 0.05) is 17.5 Å². The Bertz CT molecular complexity index is 610. The first kappa shape index (κ1) is 23.0. The molecule has 1 aromatic carbocycles. The summed E-state index contributed by atoms with van der Waals surface area (Å²) in [4.78, 5) is 36.3. The average molecular weight is 406 g/mol. The van der Waals surface area contributed by atoms with E-state index in [0.29, 0.717) is 17.0 Å². The minimum Gasteiger partial charge on any atom is -0.496 e. The highest BCUT2D eigenvalue weighted by Gasteiger charge is 2.14. The van der Waals surface area contributed by atoms with E-state index >= 15 is 0 Å². The van der Waals surface area contributed by atoms with Crippen LogP contribution >= 0.6 is 19.6 Å². The first-order valence-corrected chi connectivity index (χ1v) is 10.9. The van der Waals surface area contributed by atoms with E-state index in [1.807, 2.05) is 0 Å². The molecule has 1 fully saturated rings. The van der Waals surface area contributed by atoms with Gasteiger partial charge in [0.05, 0.1) is 12.7 Å². The molecule has 0 unspecified atom stereocenters. The summed E-state index contributed by atoms with van der Waals surface area (Å²) in [5, 5.41) is 0.0606. The Hall–Kier alpha value is -1.09. The SMILES string of the molecule is COc1cc(N)ccc1C(=O)SCCCN1CCCCC1.O=P(O)(O)O. The Balaban J connectivity index is 0.000000597. The molecule has 10 heteroatoms. The maximum Gasteiger partial charge on any atom is 0.466 e. The molecule has 0 aliphatic carbocycles. The van der Waals surface area contributed by atoms with Crippen LogP contribution in [0.15, 0.2) is 18.2 Å². The zero-order valence-corrected chi connectivity index (χ0v) is 16.5. The van der Waals surface area contributed by atoms with Crippen LogP contribution in [0.3, 0.4) is 0 Å². The number of nitrogens with two attached hydrogens (primary N) is 1. The number of carbonyl (C=O) groups is 1. The van der Waals surface area contributed by atoms with Crippen molar-refractivity contribution >= 4 is 30.4 Å². The van der Waals surface area contributed by atoms with Gasteiger partial charge >= 0.3 is 7.82 Å². The van der Waals surface area contributed by atoms with E-state index in [9.17, 15) is 4.79 Å². The first-order valence-electron chi connectivity index (χ1n) is 8.32. The van der Waals surface area contributed by atoms with E-state index < -0.39 is 7.82 Å². The van der Waals surface area contributed by atoms with Crippen molar-refractivity contribution in [2.45, 2.75) is 25.7 Å². The fraction of sp³-hybridized carbons (Fsp3) is 0.562. The molecule has 2 rings (SSSR count). The second kappa shape index (κ2) is 11.6. The number of rotatable bonds is 6. The number of nitrogen functional groups attached to an aromatic ring is 1. The second-order valence-corrected chi connectivity index (χ2v) is 7.96. The van der Waals surface area contributed by atoms with Gasteiger partial charge in [0.2, 0.25) is 5.12 Å². The quantitative estimate of drug-likeness (QED) is 0.318. The summed E-state index contributed by atoms with van der Waals surface area (Å²) in [5.74, 6) is 1.41. The van der Waals surface area contributed by atoms with Gasteiger partial charge in [0.1, 0.15) is 5.75 Å². The Labute approximate surface area is 158 Å². The normalized spacial score (nSPS) is 15.1. The largest absolute Gasteiger partial charge is 0.496 e. The predicted molar refractivity (Wildman–Crippen MR) is 103 cm³/mol. The molecular formula is C16H27N2O6PS. The summed E-state index contributed by atoms with van der Waals surface area (Å²) >= 11 is 1.37. The van der Waals surface area contributed by atoms with Gasteiger partial charge in [-0.05, 0) is 51.0 Å². The third-order valence-electron chi connectivity index (χ3n) is 3.75. The maximum atomic E-state index is 12.2. The molecule has 1 saturated heterocycles. The number of methoxy groups -OCH3 is 1. The molecule has 5 N–H and O–H groups in total. The maximum absolute atomic E-state index is 12.2. The molecule has 0 spiro atoms. The Morgan fingerprint density at radius 1 is 1.27 bits per heavy atom. The van der Waals surface area contributed by atoms with E-state index in [1.54, 1.807) is 25.3 Å². The highest BCUT2D eigenvalue weighted by atomic mass is 32.2. The third kappa shape index (κ3) is 10.2. The van der Waals surface area contributed by atoms with Gasteiger partial charge in [-0.1, -0.05) is 18.2 Å². The van der Waals surface area contributed by atoms with Crippen LogP contribution in [0.4, 0.5) is 5.69 Å². The molecular weight excluding hydrogens is 379 g/mol. The first-order chi connectivity index (χ1) is 12.2. The molecule has 0 atom stereocenters. The van der Waals surface area contributed by atoms with Gasteiger partial charge in [0.15, 0.2) is 0 Å². The van der Waals surface area contributed by atoms with Crippen LogP contribution in [0, 0.1) is 0 Å². The van der Waals surface area contributed by atoms with Crippen molar-refractivity contribution in [3.8, 4) is 5.75 Å². The van der Waals surface area contributed by atoms with Crippen LogP contribution < -0.4 is 10.5 Å². The zero-order chi connectivity index (χ0) is 19.6. The number of likely N-dealkylation sites (tertiary alicyclic amines) is 1. The van der Waals surface area contributed by atoms with E-state index in [-0.39, 0.29) is 5.12 Å². The van der Waals surface area contributed by atoms with E-state index in [1.165, 1.54) is 44.1 Å². The molecule has 0 radical (unpaired) electrons. The molecule has 8 nitrogen and oxygen atoms in total. The second-order valence-electron chi connectivity index (χ2n) is 5.86. The van der Waals surface area contributed by atoms with Crippen molar-refractivity contribution in [1.29, 1.82) is 0 Å². The lowest BCUT2D eigenvalue weighted by atomic mass is 10.1. The zero-order valence-electron chi connectivity index (χ0n) is 14.8. The van der Waals surface area contributed by atoms with Gasteiger partial charge in [-0.3, -0.25) is 4.79 Å². The number of ether oxygens (including phenoxy) is 1. The molecule has 1 aliphatic rings.